The number of halogens is 2. The largest absolute Gasteiger partial charge is 0.399 e. The van der Waals surface area contributed by atoms with Crippen LogP contribution < -0.4 is 16.0 Å². The first kappa shape index (κ1) is 20.1. The summed E-state index contributed by atoms with van der Waals surface area (Å²) in [5, 5.41) is 3.00. The lowest BCUT2D eigenvalue weighted by molar-refractivity contribution is 0.0951. The average Bonchev–Trinajstić information content (AvgIpc) is 2.96. The van der Waals surface area contributed by atoms with E-state index in [9.17, 15) is 4.79 Å². The van der Waals surface area contributed by atoms with Gasteiger partial charge in [0.05, 0.1) is 0 Å². The molecule has 1 heterocycles. The van der Waals surface area contributed by atoms with E-state index in [4.69, 9.17) is 5.73 Å². The van der Waals surface area contributed by atoms with Crippen molar-refractivity contribution in [3.05, 3.63) is 59.7 Å². The molecule has 0 bridgehead atoms. The van der Waals surface area contributed by atoms with Gasteiger partial charge < -0.3 is 16.0 Å². The predicted octanol–water partition coefficient (Wildman–Crippen LogP) is 3.29. The van der Waals surface area contributed by atoms with Crippen LogP contribution in [0.25, 0.3) is 0 Å². The second-order valence-corrected chi connectivity index (χ2v) is 5.76. The van der Waals surface area contributed by atoms with Gasteiger partial charge in [-0.25, -0.2) is 0 Å². The molecule has 3 rings (SSSR count). The summed E-state index contributed by atoms with van der Waals surface area (Å²) in [6.07, 6.45) is 1.07. The summed E-state index contributed by atoms with van der Waals surface area (Å²) >= 11 is 0. The van der Waals surface area contributed by atoms with Crippen LogP contribution in [-0.2, 0) is 6.42 Å². The maximum atomic E-state index is 12.2. The molecule has 1 aliphatic rings. The van der Waals surface area contributed by atoms with Crippen LogP contribution in [0.15, 0.2) is 48.5 Å². The molecule has 0 spiro atoms. The lowest BCUT2D eigenvalue weighted by atomic mass is 10.1. The quantitative estimate of drug-likeness (QED) is 0.815. The molecule has 2 aromatic rings. The van der Waals surface area contributed by atoms with E-state index in [1.807, 2.05) is 0 Å². The van der Waals surface area contributed by atoms with Crippen LogP contribution in [0.4, 0.5) is 11.4 Å². The lowest BCUT2D eigenvalue weighted by Crippen LogP contribution is -2.41. The smallest absolute Gasteiger partial charge is 0.251 e. The van der Waals surface area contributed by atoms with Crippen molar-refractivity contribution < 1.29 is 4.79 Å². The molecule has 2 aromatic carbocycles. The fourth-order valence-corrected chi connectivity index (χ4v) is 2.95. The van der Waals surface area contributed by atoms with E-state index in [0.717, 1.165) is 13.0 Å². The summed E-state index contributed by atoms with van der Waals surface area (Å²) in [7, 11) is 0. The number of hydrogen-bond donors (Lipinski definition) is 2. The Hall–Kier alpha value is -1.91. The molecule has 0 fully saturated rings. The van der Waals surface area contributed by atoms with E-state index >= 15 is 0 Å². The number of nitrogens with zero attached hydrogens (tertiary/aromatic N) is 1. The molecular formula is C18H23Cl2N3O. The third-order valence-electron chi connectivity index (χ3n) is 4.16. The van der Waals surface area contributed by atoms with Gasteiger partial charge in [0, 0.05) is 36.1 Å². The molecule has 1 aliphatic heterocycles. The number of anilines is 2. The van der Waals surface area contributed by atoms with Crippen molar-refractivity contribution in [2.75, 3.05) is 23.7 Å². The number of nitrogens with two attached hydrogens (primary N) is 1. The number of hydrogen-bond acceptors (Lipinski definition) is 3. The van der Waals surface area contributed by atoms with Crippen LogP contribution in [0.5, 0.6) is 0 Å². The van der Waals surface area contributed by atoms with E-state index < -0.39 is 0 Å². The Morgan fingerprint density at radius 1 is 1.21 bits per heavy atom. The van der Waals surface area contributed by atoms with Crippen molar-refractivity contribution in [3.8, 4) is 0 Å². The molecular weight excluding hydrogens is 345 g/mol. The number of amides is 1. The average molecular weight is 368 g/mol. The van der Waals surface area contributed by atoms with Gasteiger partial charge in [-0.1, -0.05) is 24.3 Å². The monoisotopic (exact) mass is 367 g/mol. The van der Waals surface area contributed by atoms with Crippen molar-refractivity contribution >= 4 is 42.1 Å². The van der Waals surface area contributed by atoms with Gasteiger partial charge >= 0.3 is 0 Å². The minimum Gasteiger partial charge on any atom is -0.399 e. The Morgan fingerprint density at radius 3 is 2.71 bits per heavy atom. The fraction of sp³-hybridized carbons (Fsp3) is 0.278. The Balaban J connectivity index is 0.00000144. The van der Waals surface area contributed by atoms with Crippen LogP contribution in [0.3, 0.4) is 0 Å². The number of para-hydroxylation sites is 1. The summed E-state index contributed by atoms with van der Waals surface area (Å²) in [6.45, 7) is 3.76. The molecule has 0 aromatic heterocycles. The third-order valence-corrected chi connectivity index (χ3v) is 4.16. The number of benzene rings is 2. The second kappa shape index (κ2) is 8.81. The van der Waals surface area contributed by atoms with Gasteiger partial charge in [0.15, 0.2) is 0 Å². The lowest BCUT2D eigenvalue weighted by Gasteiger charge is -2.27. The first-order valence-electron chi connectivity index (χ1n) is 7.63. The molecule has 0 aliphatic carbocycles. The van der Waals surface area contributed by atoms with E-state index in [1.54, 1.807) is 24.3 Å². The van der Waals surface area contributed by atoms with Crippen LogP contribution in [0.2, 0.25) is 0 Å². The van der Waals surface area contributed by atoms with E-state index in [2.05, 4.69) is 41.4 Å². The van der Waals surface area contributed by atoms with Gasteiger partial charge in [0.25, 0.3) is 5.91 Å². The van der Waals surface area contributed by atoms with Crippen LogP contribution >= 0.6 is 24.8 Å². The summed E-state index contributed by atoms with van der Waals surface area (Å²) < 4.78 is 0. The summed E-state index contributed by atoms with van der Waals surface area (Å²) in [6, 6.07) is 15.8. The van der Waals surface area contributed by atoms with E-state index in [-0.39, 0.29) is 36.8 Å². The summed E-state index contributed by atoms with van der Waals surface area (Å²) in [5.74, 6) is -0.0772. The molecule has 0 saturated heterocycles. The van der Waals surface area contributed by atoms with Crippen molar-refractivity contribution in [2.24, 2.45) is 0 Å². The highest BCUT2D eigenvalue weighted by molar-refractivity contribution is 5.95. The predicted molar refractivity (Wildman–Crippen MR) is 105 cm³/mol. The molecule has 130 valence electrons. The van der Waals surface area contributed by atoms with Crippen LogP contribution in [0.1, 0.15) is 22.8 Å². The van der Waals surface area contributed by atoms with Crippen LogP contribution in [0, 0.1) is 0 Å². The molecule has 0 radical (unpaired) electrons. The number of carbonyl (C=O) groups excluding carboxylic acids is 1. The van der Waals surface area contributed by atoms with Crippen molar-refractivity contribution in [3.63, 3.8) is 0 Å². The molecule has 6 heteroatoms. The fourth-order valence-electron chi connectivity index (χ4n) is 2.95. The highest BCUT2D eigenvalue weighted by Crippen LogP contribution is 2.28. The van der Waals surface area contributed by atoms with E-state index in [0.29, 0.717) is 17.8 Å². The summed E-state index contributed by atoms with van der Waals surface area (Å²) in [4.78, 5) is 14.5. The Labute approximate surface area is 155 Å². The van der Waals surface area contributed by atoms with Crippen molar-refractivity contribution in [2.45, 2.75) is 19.4 Å². The molecule has 3 N–H and O–H groups in total. The van der Waals surface area contributed by atoms with Gasteiger partial charge in [-0.3, -0.25) is 4.79 Å². The Kier molecular flexibility index (Phi) is 7.39. The van der Waals surface area contributed by atoms with Gasteiger partial charge in [0.1, 0.15) is 0 Å². The van der Waals surface area contributed by atoms with Gasteiger partial charge in [-0.2, -0.15) is 0 Å². The molecule has 1 amide bonds. The second-order valence-electron chi connectivity index (χ2n) is 5.76. The maximum absolute atomic E-state index is 12.2. The Bertz CT molecular complexity index is 693. The molecule has 24 heavy (non-hydrogen) atoms. The zero-order valence-electron chi connectivity index (χ0n) is 13.6. The van der Waals surface area contributed by atoms with Gasteiger partial charge in [-0.15, -0.1) is 24.8 Å². The molecule has 1 unspecified atom stereocenters. The number of carbonyl (C=O) groups is 1. The van der Waals surface area contributed by atoms with Crippen molar-refractivity contribution in [1.29, 1.82) is 0 Å². The normalized spacial score (nSPS) is 13.3. The number of nitrogen functional groups attached to an aromatic ring is 1. The van der Waals surface area contributed by atoms with Crippen molar-refractivity contribution in [1.82, 2.24) is 5.32 Å². The molecule has 0 saturated carbocycles. The zero-order valence-corrected chi connectivity index (χ0v) is 15.2. The first-order chi connectivity index (χ1) is 10.6. The molecule has 1 atom stereocenters. The Morgan fingerprint density at radius 2 is 1.96 bits per heavy atom. The van der Waals surface area contributed by atoms with Crippen LogP contribution in [-0.4, -0.2) is 25.0 Å². The number of rotatable bonds is 4. The SMILES string of the molecule is CC(CNC(=O)c1cccc(N)c1)N1CCc2ccccc21.Cl.Cl. The molecule has 4 nitrogen and oxygen atoms in total. The standard InChI is InChI=1S/C18H21N3O.2ClH/c1-13(21-10-9-14-5-2-3-8-17(14)21)12-20-18(22)15-6-4-7-16(19)11-15;;/h2-8,11,13H,9-10,12,19H2,1H3,(H,20,22);2*1H. The first-order valence-corrected chi connectivity index (χ1v) is 7.63. The minimum absolute atomic E-state index is 0. The third kappa shape index (κ3) is 4.34. The summed E-state index contributed by atoms with van der Waals surface area (Å²) in [5.41, 5.74) is 9.60. The minimum atomic E-state index is -0.0772. The highest BCUT2D eigenvalue weighted by atomic mass is 35.5. The number of nitrogens with one attached hydrogen (secondary N) is 1. The highest BCUT2D eigenvalue weighted by Gasteiger charge is 2.23. The number of fused-ring (bicyclic) bond motifs is 1. The van der Waals surface area contributed by atoms with E-state index in [1.165, 1.54) is 11.3 Å². The topological polar surface area (TPSA) is 58.4 Å². The van der Waals surface area contributed by atoms with Gasteiger partial charge in [0.2, 0.25) is 0 Å². The van der Waals surface area contributed by atoms with Gasteiger partial charge in [-0.05, 0) is 43.2 Å². The maximum Gasteiger partial charge on any atom is 0.251 e. The zero-order chi connectivity index (χ0) is 15.5.